The van der Waals surface area contributed by atoms with Gasteiger partial charge in [0.25, 0.3) is 0 Å². The van der Waals surface area contributed by atoms with Crippen molar-refractivity contribution in [2.24, 2.45) is 5.92 Å². The number of amides is 1. The summed E-state index contributed by atoms with van der Waals surface area (Å²) in [4.78, 5) is 14.7. The number of aryl methyl sites for hydroxylation is 1. The van der Waals surface area contributed by atoms with E-state index in [2.05, 4.69) is 0 Å². The molecule has 1 amide bonds. The molecule has 3 rings (SSSR count). The van der Waals surface area contributed by atoms with Crippen molar-refractivity contribution >= 4 is 5.91 Å². The Hall–Kier alpha value is -1.59. The van der Waals surface area contributed by atoms with Crippen LogP contribution in [0.4, 0.5) is 0 Å². The van der Waals surface area contributed by atoms with Crippen LogP contribution < -0.4 is 4.74 Å². The van der Waals surface area contributed by atoms with Crippen LogP contribution in [0.1, 0.15) is 63.4 Å². The van der Waals surface area contributed by atoms with E-state index < -0.39 is 12.2 Å². The summed E-state index contributed by atoms with van der Waals surface area (Å²) in [6.45, 7) is 1.28. The molecule has 5 nitrogen and oxygen atoms in total. The Morgan fingerprint density at radius 2 is 1.79 bits per heavy atom. The van der Waals surface area contributed by atoms with Crippen LogP contribution in [0.25, 0.3) is 0 Å². The van der Waals surface area contributed by atoms with E-state index in [-0.39, 0.29) is 12.5 Å². The highest BCUT2D eigenvalue weighted by atomic mass is 16.5. The van der Waals surface area contributed by atoms with E-state index in [0.29, 0.717) is 25.3 Å². The molecule has 1 aromatic rings. The van der Waals surface area contributed by atoms with Gasteiger partial charge in [-0.05, 0) is 49.7 Å². The van der Waals surface area contributed by atoms with Gasteiger partial charge in [0.1, 0.15) is 18.5 Å². The molecule has 1 aromatic carbocycles. The van der Waals surface area contributed by atoms with Crippen LogP contribution in [0.2, 0.25) is 0 Å². The van der Waals surface area contributed by atoms with Crippen LogP contribution in [0.5, 0.6) is 5.75 Å². The number of fused-ring (bicyclic) bond motifs is 1. The van der Waals surface area contributed by atoms with Gasteiger partial charge in [-0.15, -0.1) is 0 Å². The molecule has 2 atom stereocenters. The molecule has 2 aliphatic rings. The third-order valence-electron chi connectivity index (χ3n) is 6.24. The Balaban J connectivity index is 1.60. The van der Waals surface area contributed by atoms with E-state index in [1.807, 2.05) is 29.2 Å². The molecule has 5 heteroatoms. The number of benzene rings is 1. The summed E-state index contributed by atoms with van der Waals surface area (Å²) < 4.78 is 5.76. The van der Waals surface area contributed by atoms with Crippen molar-refractivity contribution in [2.75, 3.05) is 19.7 Å². The SMILES string of the molecule is O=C(CCC1CCCC1)N1CCCCc2ccccc2OC[C@@H](O)[C@@H](O)CC1. The Morgan fingerprint density at radius 3 is 2.61 bits per heavy atom. The van der Waals surface area contributed by atoms with Crippen molar-refractivity contribution in [1.29, 1.82) is 0 Å². The molecule has 0 aromatic heterocycles. The standard InChI is InChI=1S/C23H35NO4/c25-20-14-16-24(23(27)13-12-18-7-1-2-8-18)15-6-5-10-19-9-3-4-11-22(19)28-17-21(20)26/h3-4,9,11,18,20-21,25-26H,1-2,5-8,10,12-17H2/t20-,21+/m0/s1. The summed E-state index contributed by atoms with van der Waals surface area (Å²) in [5.74, 6) is 1.68. The van der Waals surface area contributed by atoms with Crippen LogP contribution >= 0.6 is 0 Å². The molecular formula is C23H35NO4. The van der Waals surface area contributed by atoms with Crippen molar-refractivity contribution < 1.29 is 19.7 Å². The summed E-state index contributed by atoms with van der Waals surface area (Å²) in [6.07, 6.45) is 8.06. The average Bonchev–Trinajstić information content (AvgIpc) is 3.23. The summed E-state index contributed by atoms with van der Waals surface area (Å²) in [7, 11) is 0. The molecule has 1 fully saturated rings. The summed E-state index contributed by atoms with van der Waals surface area (Å²) in [5.41, 5.74) is 1.11. The number of aliphatic hydroxyl groups is 2. The van der Waals surface area contributed by atoms with Crippen LogP contribution in [-0.2, 0) is 11.2 Å². The van der Waals surface area contributed by atoms with Crippen LogP contribution in [0.3, 0.4) is 0 Å². The molecular weight excluding hydrogens is 354 g/mol. The highest BCUT2D eigenvalue weighted by Crippen LogP contribution is 2.29. The third kappa shape index (κ3) is 6.21. The minimum absolute atomic E-state index is 0.0633. The molecule has 156 valence electrons. The maximum atomic E-state index is 12.8. The number of hydrogen-bond donors (Lipinski definition) is 2. The molecule has 0 saturated heterocycles. The number of carbonyl (C=O) groups is 1. The van der Waals surface area contributed by atoms with Crippen molar-refractivity contribution in [3.8, 4) is 5.75 Å². The molecule has 2 N–H and O–H groups in total. The van der Waals surface area contributed by atoms with Crippen molar-refractivity contribution in [3.05, 3.63) is 29.8 Å². The first-order valence-electron chi connectivity index (χ1n) is 11.0. The van der Waals surface area contributed by atoms with Crippen LogP contribution in [-0.4, -0.2) is 52.9 Å². The number of para-hydroxylation sites is 1. The smallest absolute Gasteiger partial charge is 0.222 e. The monoisotopic (exact) mass is 389 g/mol. The van der Waals surface area contributed by atoms with Crippen molar-refractivity contribution in [1.82, 2.24) is 4.90 Å². The second kappa shape index (κ2) is 10.8. The van der Waals surface area contributed by atoms with Gasteiger partial charge in [-0.25, -0.2) is 0 Å². The number of nitrogens with zero attached hydrogens (tertiary/aromatic N) is 1. The number of aliphatic hydroxyl groups excluding tert-OH is 2. The fourth-order valence-corrected chi connectivity index (χ4v) is 4.38. The van der Waals surface area contributed by atoms with Gasteiger partial charge in [-0.1, -0.05) is 43.9 Å². The quantitative estimate of drug-likeness (QED) is 0.832. The molecule has 1 aliphatic heterocycles. The second-order valence-electron chi connectivity index (χ2n) is 8.37. The zero-order valence-electron chi connectivity index (χ0n) is 16.9. The largest absolute Gasteiger partial charge is 0.491 e. The van der Waals surface area contributed by atoms with Crippen molar-refractivity contribution in [2.45, 2.75) is 76.4 Å². The lowest BCUT2D eigenvalue weighted by Gasteiger charge is -2.26. The van der Waals surface area contributed by atoms with Gasteiger partial charge < -0.3 is 19.8 Å². The fourth-order valence-electron chi connectivity index (χ4n) is 4.38. The lowest BCUT2D eigenvalue weighted by molar-refractivity contribution is -0.132. The molecule has 1 saturated carbocycles. The van der Waals surface area contributed by atoms with Crippen LogP contribution in [0, 0.1) is 5.92 Å². The predicted molar refractivity (Wildman–Crippen MR) is 109 cm³/mol. The number of rotatable bonds is 3. The highest BCUT2D eigenvalue weighted by Gasteiger charge is 2.23. The van der Waals surface area contributed by atoms with Crippen LogP contribution in [0.15, 0.2) is 24.3 Å². The minimum Gasteiger partial charge on any atom is -0.491 e. The molecule has 0 unspecified atom stereocenters. The zero-order valence-corrected chi connectivity index (χ0v) is 16.9. The lowest BCUT2D eigenvalue weighted by atomic mass is 10.0. The van der Waals surface area contributed by atoms with E-state index >= 15 is 0 Å². The normalized spacial score (nSPS) is 25.1. The first-order valence-corrected chi connectivity index (χ1v) is 11.0. The topological polar surface area (TPSA) is 70.0 Å². The maximum Gasteiger partial charge on any atom is 0.222 e. The zero-order chi connectivity index (χ0) is 19.8. The maximum absolute atomic E-state index is 12.8. The van der Waals surface area contributed by atoms with E-state index in [1.54, 1.807) is 0 Å². The number of ether oxygens (including phenoxy) is 1. The first kappa shape index (κ1) is 21.1. The van der Waals surface area contributed by atoms with E-state index in [1.165, 1.54) is 25.7 Å². The first-order chi connectivity index (χ1) is 13.6. The van der Waals surface area contributed by atoms with Gasteiger partial charge in [-0.2, -0.15) is 0 Å². The van der Waals surface area contributed by atoms with Gasteiger partial charge in [0.15, 0.2) is 0 Å². The number of carbonyl (C=O) groups excluding carboxylic acids is 1. The second-order valence-corrected chi connectivity index (χ2v) is 8.37. The third-order valence-corrected chi connectivity index (χ3v) is 6.24. The van der Waals surface area contributed by atoms with Gasteiger partial charge in [-0.3, -0.25) is 4.79 Å². The molecule has 0 spiro atoms. The molecule has 1 aliphatic carbocycles. The van der Waals surface area contributed by atoms with E-state index in [9.17, 15) is 15.0 Å². The van der Waals surface area contributed by atoms with Gasteiger partial charge >= 0.3 is 0 Å². The molecule has 0 bridgehead atoms. The number of hydrogen-bond acceptors (Lipinski definition) is 4. The summed E-state index contributed by atoms with van der Waals surface area (Å²) >= 11 is 0. The average molecular weight is 390 g/mol. The Morgan fingerprint density at radius 1 is 1.00 bits per heavy atom. The summed E-state index contributed by atoms with van der Waals surface area (Å²) in [5, 5.41) is 20.6. The Bertz CT molecular complexity index is 614. The molecule has 1 heterocycles. The molecule has 28 heavy (non-hydrogen) atoms. The predicted octanol–water partition coefficient (Wildman–Crippen LogP) is 3.31. The Kier molecular flexibility index (Phi) is 8.16. The minimum atomic E-state index is -0.954. The van der Waals surface area contributed by atoms with E-state index in [0.717, 1.165) is 43.5 Å². The summed E-state index contributed by atoms with van der Waals surface area (Å²) in [6, 6.07) is 7.87. The van der Waals surface area contributed by atoms with Gasteiger partial charge in [0, 0.05) is 19.5 Å². The lowest BCUT2D eigenvalue weighted by Crippen LogP contribution is -2.38. The Labute approximate surface area is 168 Å². The fraction of sp³-hybridized carbons (Fsp3) is 0.696. The highest BCUT2D eigenvalue weighted by molar-refractivity contribution is 5.76. The van der Waals surface area contributed by atoms with Crippen molar-refractivity contribution in [3.63, 3.8) is 0 Å². The van der Waals surface area contributed by atoms with Gasteiger partial charge in [0.2, 0.25) is 5.91 Å². The van der Waals surface area contributed by atoms with E-state index in [4.69, 9.17) is 4.74 Å². The van der Waals surface area contributed by atoms with Gasteiger partial charge in [0.05, 0.1) is 6.10 Å². The molecule has 0 radical (unpaired) electrons.